The molecular formula is C38H44N4O4S. The zero-order valence-corrected chi connectivity index (χ0v) is 28.4. The highest BCUT2D eigenvalue weighted by atomic mass is 32.1. The number of hydrogen-bond donors (Lipinski definition) is 2. The molecule has 1 heterocycles. The van der Waals surface area contributed by atoms with Crippen LogP contribution < -0.4 is 11.1 Å². The maximum Gasteiger partial charge on any atom is 0.410 e. The summed E-state index contributed by atoms with van der Waals surface area (Å²) in [5.74, 6) is -0.778. The molecule has 47 heavy (non-hydrogen) atoms. The molecule has 0 aromatic heterocycles. The first-order valence-electron chi connectivity index (χ1n) is 16.2. The minimum atomic E-state index is -0.814. The van der Waals surface area contributed by atoms with E-state index in [1.54, 1.807) is 16.8 Å². The number of nitrogens with one attached hydrogen (secondary N) is 1. The van der Waals surface area contributed by atoms with Gasteiger partial charge in [0.2, 0.25) is 11.8 Å². The maximum absolute atomic E-state index is 14.2. The lowest BCUT2D eigenvalue weighted by Crippen LogP contribution is -2.55. The summed E-state index contributed by atoms with van der Waals surface area (Å²) < 4.78 is 5.53. The van der Waals surface area contributed by atoms with Crippen molar-refractivity contribution in [1.29, 1.82) is 0 Å². The summed E-state index contributed by atoms with van der Waals surface area (Å²) in [6, 6.07) is 26.9. The monoisotopic (exact) mass is 652 g/mol. The number of hydrogen-bond acceptors (Lipinski definition) is 5. The summed E-state index contributed by atoms with van der Waals surface area (Å²) in [6.07, 6.45) is 1.34. The molecule has 9 heteroatoms. The van der Waals surface area contributed by atoms with Gasteiger partial charge in [0.1, 0.15) is 11.6 Å². The van der Waals surface area contributed by atoms with E-state index in [9.17, 15) is 14.4 Å². The first-order chi connectivity index (χ1) is 22.4. The number of ether oxygens (including phenoxy) is 1. The van der Waals surface area contributed by atoms with E-state index in [4.69, 9.17) is 22.7 Å². The first-order valence-corrected chi connectivity index (χ1v) is 16.6. The number of fused-ring (bicyclic) bond motifs is 2. The van der Waals surface area contributed by atoms with Crippen molar-refractivity contribution < 1.29 is 19.1 Å². The van der Waals surface area contributed by atoms with Crippen molar-refractivity contribution >= 4 is 56.7 Å². The second kappa shape index (κ2) is 14.5. The number of nitrogens with two attached hydrogens (primary N) is 1. The summed E-state index contributed by atoms with van der Waals surface area (Å²) >= 11 is 5.43. The average molecular weight is 653 g/mol. The molecule has 4 aromatic rings. The number of amides is 3. The number of rotatable bonds is 9. The largest absolute Gasteiger partial charge is 0.444 e. The van der Waals surface area contributed by atoms with Gasteiger partial charge in [0.15, 0.2) is 0 Å². The third kappa shape index (κ3) is 8.46. The Morgan fingerprint density at radius 3 is 2.23 bits per heavy atom. The molecule has 4 aromatic carbocycles. The van der Waals surface area contributed by atoms with E-state index in [2.05, 4.69) is 17.4 Å². The SMILES string of the molecule is CN(C(=O)C1CCN(C(=O)OC(C)(C)C)CC1)[C@H](Cc1cccc2ccccc12)C(=O)N[C@H](Cc1ccc2ccccc2c1)C(N)=S. The molecule has 1 saturated heterocycles. The standard InChI is InChI=1S/C38H44N4O4S/c1-38(2,3)46-37(45)42-20-18-28(19-21-42)36(44)41(4)33(24-30-14-9-13-27-11-7-8-15-31(27)30)35(43)40-32(34(39)47)23-25-16-17-26-10-5-6-12-29(26)22-25/h5-17,22,28,32-33H,18-21,23-24H2,1-4H3,(H2,39,47)(H,40,43)/t32-,33-/m1/s1. The van der Waals surface area contributed by atoms with Gasteiger partial charge in [-0.3, -0.25) is 9.59 Å². The Morgan fingerprint density at radius 2 is 1.55 bits per heavy atom. The van der Waals surface area contributed by atoms with Gasteiger partial charge in [-0.05, 0) is 72.7 Å². The van der Waals surface area contributed by atoms with E-state index >= 15 is 0 Å². The third-order valence-electron chi connectivity index (χ3n) is 8.82. The number of nitrogens with zero attached hydrogens (tertiary/aromatic N) is 2. The fourth-order valence-electron chi connectivity index (χ4n) is 6.25. The summed E-state index contributed by atoms with van der Waals surface area (Å²) in [7, 11) is 1.69. The van der Waals surface area contributed by atoms with Crippen LogP contribution in [-0.2, 0) is 27.2 Å². The quantitative estimate of drug-likeness (QED) is 0.214. The summed E-state index contributed by atoms with van der Waals surface area (Å²) in [6.45, 7) is 6.33. The Kier molecular flexibility index (Phi) is 10.4. The molecule has 5 rings (SSSR count). The van der Waals surface area contributed by atoms with Crippen LogP contribution >= 0.6 is 12.2 Å². The van der Waals surface area contributed by atoms with Crippen LogP contribution in [-0.4, -0.2) is 70.5 Å². The Balaban J connectivity index is 1.36. The van der Waals surface area contributed by atoms with Crippen molar-refractivity contribution in [1.82, 2.24) is 15.1 Å². The minimum absolute atomic E-state index is 0.129. The number of benzene rings is 4. The number of likely N-dealkylation sites (N-methyl/N-ethyl adjacent to an activating group) is 1. The van der Waals surface area contributed by atoms with E-state index in [1.165, 1.54) is 0 Å². The zero-order valence-electron chi connectivity index (χ0n) is 27.6. The van der Waals surface area contributed by atoms with Crippen LogP contribution in [0, 0.1) is 5.92 Å². The highest BCUT2D eigenvalue weighted by Gasteiger charge is 2.36. The highest BCUT2D eigenvalue weighted by Crippen LogP contribution is 2.25. The molecule has 0 saturated carbocycles. The fourth-order valence-corrected chi connectivity index (χ4v) is 6.40. The number of piperidine rings is 1. The van der Waals surface area contributed by atoms with E-state index in [1.807, 2.05) is 93.6 Å². The van der Waals surface area contributed by atoms with Crippen molar-refractivity contribution in [3.8, 4) is 0 Å². The van der Waals surface area contributed by atoms with Crippen molar-refractivity contribution in [2.75, 3.05) is 20.1 Å². The fraction of sp³-hybridized carbons (Fsp3) is 0.368. The molecule has 1 fully saturated rings. The smallest absolute Gasteiger partial charge is 0.410 e. The van der Waals surface area contributed by atoms with Crippen LogP contribution in [0.15, 0.2) is 84.9 Å². The van der Waals surface area contributed by atoms with Crippen LogP contribution in [0.3, 0.4) is 0 Å². The predicted molar refractivity (Wildman–Crippen MR) is 191 cm³/mol. The molecule has 8 nitrogen and oxygen atoms in total. The van der Waals surface area contributed by atoms with Gasteiger partial charge in [-0.1, -0.05) is 97.1 Å². The van der Waals surface area contributed by atoms with E-state index in [-0.39, 0.29) is 28.8 Å². The van der Waals surface area contributed by atoms with E-state index < -0.39 is 17.7 Å². The summed E-state index contributed by atoms with van der Waals surface area (Å²) in [5, 5.41) is 7.40. The Morgan fingerprint density at radius 1 is 0.915 bits per heavy atom. The molecule has 3 amide bonds. The molecule has 3 N–H and O–H groups in total. The second-order valence-electron chi connectivity index (χ2n) is 13.4. The Bertz CT molecular complexity index is 1770. The van der Waals surface area contributed by atoms with Crippen molar-refractivity contribution in [3.63, 3.8) is 0 Å². The molecule has 0 bridgehead atoms. The molecule has 0 spiro atoms. The average Bonchev–Trinajstić information content (AvgIpc) is 3.05. The third-order valence-corrected chi connectivity index (χ3v) is 9.11. The lowest BCUT2D eigenvalue weighted by molar-refractivity contribution is -0.143. The van der Waals surface area contributed by atoms with Gasteiger partial charge in [-0.25, -0.2) is 4.79 Å². The van der Waals surface area contributed by atoms with Crippen LogP contribution in [0.1, 0.15) is 44.7 Å². The molecule has 0 unspecified atom stereocenters. The second-order valence-corrected chi connectivity index (χ2v) is 13.9. The van der Waals surface area contributed by atoms with Crippen molar-refractivity contribution in [3.05, 3.63) is 96.1 Å². The van der Waals surface area contributed by atoms with Gasteiger partial charge in [0, 0.05) is 32.5 Å². The molecule has 2 atom stereocenters. The minimum Gasteiger partial charge on any atom is -0.444 e. The topological polar surface area (TPSA) is 105 Å². The normalized spacial score (nSPS) is 15.2. The van der Waals surface area contributed by atoms with E-state index in [0.29, 0.717) is 38.8 Å². The van der Waals surface area contributed by atoms with Gasteiger partial charge in [0.05, 0.1) is 11.0 Å². The summed E-state index contributed by atoms with van der Waals surface area (Å²) in [5.41, 5.74) is 7.56. The molecule has 1 aliphatic rings. The Labute approximate surface area is 282 Å². The Hall–Kier alpha value is -4.50. The lowest BCUT2D eigenvalue weighted by Gasteiger charge is -2.36. The van der Waals surface area contributed by atoms with E-state index in [0.717, 1.165) is 32.7 Å². The number of carbonyl (C=O) groups is 3. The zero-order chi connectivity index (χ0) is 33.7. The van der Waals surface area contributed by atoms with Crippen molar-refractivity contribution in [2.45, 2.75) is 64.1 Å². The lowest BCUT2D eigenvalue weighted by atomic mass is 9.93. The predicted octanol–water partition coefficient (Wildman–Crippen LogP) is 6.02. The number of carbonyl (C=O) groups excluding carboxylic acids is 3. The number of thiocarbonyl (C=S) groups is 1. The molecule has 1 aliphatic heterocycles. The number of likely N-dealkylation sites (tertiary alicyclic amines) is 1. The summed E-state index contributed by atoms with van der Waals surface area (Å²) in [4.78, 5) is 44.2. The van der Waals surface area contributed by atoms with Gasteiger partial charge in [0.25, 0.3) is 0 Å². The molecule has 0 radical (unpaired) electrons. The van der Waals surface area contributed by atoms with Crippen molar-refractivity contribution in [2.24, 2.45) is 11.7 Å². The first kappa shape index (κ1) is 33.9. The van der Waals surface area contributed by atoms with Gasteiger partial charge >= 0.3 is 6.09 Å². The van der Waals surface area contributed by atoms with Crippen LogP contribution in [0.25, 0.3) is 21.5 Å². The van der Waals surface area contributed by atoms with Crippen LogP contribution in [0.5, 0.6) is 0 Å². The molecule has 0 aliphatic carbocycles. The van der Waals surface area contributed by atoms with Gasteiger partial charge in [-0.15, -0.1) is 0 Å². The van der Waals surface area contributed by atoms with Gasteiger partial charge < -0.3 is 25.6 Å². The molecule has 246 valence electrons. The maximum atomic E-state index is 14.2. The molecular weight excluding hydrogens is 609 g/mol. The highest BCUT2D eigenvalue weighted by molar-refractivity contribution is 7.80. The van der Waals surface area contributed by atoms with Crippen LogP contribution in [0.2, 0.25) is 0 Å². The van der Waals surface area contributed by atoms with Crippen LogP contribution in [0.4, 0.5) is 4.79 Å². The van der Waals surface area contributed by atoms with Gasteiger partial charge in [-0.2, -0.15) is 0 Å².